The number of H-pyrrole nitrogens is 2. The van der Waals surface area contributed by atoms with E-state index in [0.29, 0.717) is 12.3 Å². The lowest BCUT2D eigenvalue weighted by atomic mass is 10.2. The van der Waals surface area contributed by atoms with E-state index in [9.17, 15) is 4.79 Å². The van der Waals surface area contributed by atoms with Crippen LogP contribution >= 0.6 is 0 Å². The van der Waals surface area contributed by atoms with E-state index in [-0.39, 0.29) is 5.91 Å². The van der Waals surface area contributed by atoms with Gasteiger partial charge in [0.2, 0.25) is 0 Å². The molecule has 29 heavy (non-hydrogen) atoms. The molecule has 0 atom stereocenters. The highest BCUT2D eigenvalue weighted by atomic mass is 16.5. The molecule has 1 amide bonds. The number of carbonyl (C=O) groups is 1. The predicted molar refractivity (Wildman–Crippen MR) is 114 cm³/mol. The Morgan fingerprint density at radius 2 is 1.76 bits per heavy atom. The Balaban J connectivity index is 1.11. The number of piperazine rings is 1. The van der Waals surface area contributed by atoms with Crippen LogP contribution in [0.3, 0.4) is 0 Å². The first-order valence-corrected chi connectivity index (χ1v) is 10.1. The molecule has 1 fully saturated rings. The molecule has 148 valence electrons. The average Bonchev–Trinajstić information content (AvgIpc) is 3.40. The molecule has 0 saturated carbocycles. The third-order valence-corrected chi connectivity index (χ3v) is 5.62. The minimum Gasteiger partial charge on any atom is -0.492 e. The van der Waals surface area contributed by atoms with Crippen LogP contribution in [0.2, 0.25) is 0 Å². The van der Waals surface area contributed by atoms with Crippen molar-refractivity contribution in [1.82, 2.24) is 19.8 Å². The maximum absolute atomic E-state index is 12.8. The van der Waals surface area contributed by atoms with Gasteiger partial charge in [-0.2, -0.15) is 0 Å². The molecule has 4 aromatic rings. The molecule has 2 aromatic heterocycles. The number of hydrogen-bond acceptors (Lipinski definition) is 3. The summed E-state index contributed by atoms with van der Waals surface area (Å²) in [5.41, 5.74) is 2.79. The van der Waals surface area contributed by atoms with Gasteiger partial charge in [-0.3, -0.25) is 9.69 Å². The van der Waals surface area contributed by atoms with Crippen molar-refractivity contribution < 1.29 is 9.53 Å². The van der Waals surface area contributed by atoms with Crippen LogP contribution in [0.1, 0.15) is 10.5 Å². The van der Waals surface area contributed by atoms with Crippen LogP contribution in [0, 0.1) is 0 Å². The zero-order valence-electron chi connectivity index (χ0n) is 16.2. The van der Waals surface area contributed by atoms with Crippen LogP contribution in [0.4, 0.5) is 0 Å². The van der Waals surface area contributed by atoms with Crippen LogP contribution < -0.4 is 4.74 Å². The third-order valence-electron chi connectivity index (χ3n) is 5.62. The number of benzene rings is 2. The molecule has 1 saturated heterocycles. The van der Waals surface area contributed by atoms with Gasteiger partial charge in [-0.05, 0) is 36.4 Å². The quantitative estimate of drug-likeness (QED) is 0.550. The van der Waals surface area contributed by atoms with Crippen LogP contribution in [-0.2, 0) is 0 Å². The third kappa shape index (κ3) is 3.71. The summed E-state index contributed by atoms with van der Waals surface area (Å²) in [6, 6.07) is 18.1. The second-order valence-corrected chi connectivity index (χ2v) is 7.48. The van der Waals surface area contributed by atoms with Crippen LogP contribution in [0.5, 0.6) is 5.75 Å². The van der Waals surface area contributed by atoms with Gasteiger partial charge in [-0.15, -0.1) is 0 Å². The van der Waals surface area contributed by atoms with Crippen molar-refractivity contribution in [2.75, 3.05) is 39.3 Å². The zero-order chi connectivity index (χ0) is 19.6. The lowest BCUT2D eigenvalue weighted by Gasteiger charge is -2.34. The number of aromatic amines is 2. The van der Waals surface area contributed by atoms with E-state index in [0.717, 1.165) is 60.3 Å². The largest absolute Gasteiger partial charge is 0.492 e. The molecule has 3 heterocycles. The number of hydrogen-bond donors (Lipinski definition) is 2. The van der Waals surface area contributed by atoms with Crippen molar-refractivity contribution >= 4 is 27.7 Å². The van der Waals surface area contributed by atoms with Crippen molar-refractivity contribution in [3.8, 4) is 5.75 Å². The topological polar surface area (TPSA) is 64.4 Å². The summed E-state index contributed by atoms with van der Waals surface area (Å²) in [7, 11) is 0. The molecule has 5 rings (SSSR count). The molecular weight excluding hydrogens is 364 g/mol. The van der Waals surface area contributed by atoms with Crippen LogP contribution in [0.15, 0.2) is 60.8 Å². The van der Waals surface area contributed by atoms with E-state index in [1.807, 2.05) is 59.6 Å². The minimum atomic E-state index is 0.0805. The highest BCUT2D eigenvalue weighted by molar-refractivity contribution is 5.98. The Morgan fingerprint density at radius 3 is 2.62 bits per heavy atom. The molecule has 0 bridgehead atoms. The molecule has 0 radical (unpaired) electrons. The maximum atomic E-state index is 12.8. The van der Waals surface area contributed by atoms with E-state index in [2.05, 4.69) is 20.9 Å². The number of amides is 1. The van der Waals surface area contributed by atoms with Crippen LogP contribution in [0.25, 0.3) is 21.8 Å². The minimum absolute atomic E-state index is 0.0805. The number of fused-ring (bicyclic) bond motifs is 2. The number of nitrogens with zero attached hydrogens (tertiary/aromatic N) is 2. The smallest absolute Gasteiger partial charge is 0.270 e. The molecule has 1 aliphatic heterocycles. The molecule has 1 aliphatic rings. The van der Waals surface area contributed by atoms with Gasteiger partial charge in [0.05, 0.1) is 0 Å². The predicted octanol–water partition coefficient (Wildman–Crippen LogP) is 3.49. The van der Waals surface area contributed by atoms with E-state index >= 15 is 0 Å². The number of para-hydroxylation sites is 1. The number of carbonyl (C=O) groups excluding carboxylic acids is 1. The molecule has 0 spiro atoms. The Labute approximate surface area is 169 Å². The zero-order valence-corrected chi connectivity index (χ0v) is 16.2. The fourth-order valence-corrected chi connectivity index (χ4v) is 3.95. The van der Waals surface area contributed by atoms with Gasteiger partial charge in [0.1, 0.15) is 18.1 Å². The molecule has 0 unspecified atom stereocenters. The average molecular weight is 388 g/mol. The van der Waals surface area contributed by atoms with Gasteiger partial charge in [0.15, 0.2) is 0 Å². The van der Waals surface area contributed by atoms with Crippen molar-refractivity contribution in [2.45, 2.75) is 0 Å². The monoisotopic (exact) mass is 388 g/mol. The number of aromatic nitrogens is 2. The fraction of sp³-hybridized carbons (Fsp3) is 0.261. The summed E-state index contributed by atoms with van der Waals surface area (Å²) in [5.74, 6) is 0.974. The summed E-state index contributed by atoms with van der Waals surface area (Å²) in [6.07, 6.45) is 1.94. The van der Waals surface area contributed by atoms with Crippen molar-refractivity contribution in [3.63, 3.8) is 0 Å². The summed E-state index contributed by atoms with van der Waals surface area (Å²) in [4.78, 5) is 23.5. The maximum Gasteiger partial charge on any atom is 0.270 e. The highest BCUT2D eigenvalue weighted by Crippen LogP contribution is 2.20. The number of nitrogens with one attached hydrogen (secondary N) is 2. The van der Waals surface area contributed by atoms with Gasteiger partial charge in [-0.25, -0.2) is 0 Å². The molecule has 0 aliphatic carbocycles. The summed E-state index contributed by atoms with van der Waals surface area (Å²) in [5, 5.41) is 2.23. The van der Waals surface area contributed by atoms with Gasteiger partial charge in [-0.1, -0.05) is 18.2 Å². The molecule has 2 aromatic carbocycles. The van der Waals surface area contributed by atoms with E-state index in [1.54, 1.807) is 0 Å². The van der Waals surface area contributed by atoms with Crippen LogP contribution in [-0.4, -0.2) is 65.0 Å². The first-order chi connectivity index (χ1) is 14.3. The Bertz CT molecular complexity index is 1100. The van der Waals surface area contributed by atoms with Gasteiger partial charge >= 0.3 is 0 Å². The second-order valence-electron chi connectivity index (χ2n) is 7.48. The second kappa shape index (κ2) is 7.64. The normalized spacial score (nSPS) is 15.2. The van der Waals surface area contributed by atoms with Crippen molar-refractivity contribution in [2.24, 2.45) is 0 Å². The fourth-order valence-electron chi connectivity index (χ4n) is 3.95. The first kappa shape index (κ1) is 17.8. The summed E-state index contributed by atoms with van der Waals surface area (Å²) >= 11 is 0. The van der Waals surface area contributed by atoms with Crippen molar-refractivity contribution in [3.05, 3.63) is 66.5 Å². The van der Waals surface area contributed by atoms with Crippen molar-refractivity contribution in [1.29, 1.82) is 0 Å². The van der Waals surface area contributed by atoms with E-state index in [1.165, 1.54) is 0 Å². The standard InChI is InChI=1S/C23H24N4O2/c28-23(22-16-17-3-1-2-4-21(17)25-22)27-11-9-26(10-12-27)13-14-29-19-5-6-20-18(15-19)7-8-24-20/h1-8,15-16,24-25H,9-14H2. The van der Waals surface area contributed by atoms with E-state index in [4.69, 9.17) is 4.74 Å². The number of rotatable bonds is 5. The lowest BCUT2D eigenvalue weighted by molar-refractivity contribution is 0.0615. The lowest BCUT2D eigenvalue weighted by Crippen LogP contribution is -2.49. The molecule has 2 N–H and O–H groups in total. The first-order valence-electron chi connectivity index (χ1n) is 10.1. The number of ether oxygens (including phenoxy) is 1. The summed E-state index contributed by atoms with van der Waals surface area (Å²) in [6.45, 7) is 4.72. The van der Waals surface area contributed by atoms with E-state index < -0.39 is 0 Å². The van der Waals surface area contributed by atoms with Gasteiger partial charge in [0.25, 0.3) is 5.91 Å². The summed E-state index contributed by atoms with van der Waals surface area (Å²) < 4.78 is 5.92. The van der Waals surface area contributed by atoms with Gasteiger partial charge in [0, 0.05) is 60.7 Å². The highest BCUT2D eigenvalue weighted by Gasteiger charge is 2.23. The molecule has 6 nitrogen and oxygen atoms in total. The Kier molecular flexibility index (Phi) is 4.69. The SMILES string of the molecule is O=C(c1cc2ccccc2[nH]1)N1CCN(CCOc2ccc3[nH]ccc3c2)CC1. The Hall–Kier alpha value is -3.25. The molecular formula is C23H24N4O2. The molecule has 6 heteroatoms. The Morgan fingerprint density at radius 1 is 0.931 bits per heavy atom. The van der Waals surface area contributed by atoms with Gasteiger partial charge < -0.3 is 19.6 Å².